The van der Waals surface area contributed by atoms with E-state index in [4.69, 9.17) is 0 Å². The molecule has 1 aliphatic carbocycles. The number of halogens is 3. The predicted octanol–water partition coefficient (Wildman–Crippen LogP) is 4.36. The zero-order chi connectivity index (χ0) is 13.0. The number of thioether (sulfide) groups is 1. The smallest absolute Gasteiger partial charge is 0.297 e. The molecule has 1 saturated carbocycles. The normalized spacial score (nSPS) is 30.0. The van der Waals surface area contributed by atoms with Crippen molar-refractivity contribution in [1.29, 1.82) is 0 Å². The van der Waals surface area contributed by atoms with Crippen LogP contribution in [0.5, 0.6) is 0 Å². The van der Waals surface area contributed by atoms with Crippen molar-refractivity contribution in [2.24, 2.45) is 0 Å². The lowest BCUT2D eigenvalue weighted by Gasteiger charge is -2.32. The summed E-state index contributed by atoms with van der Waals surface area (Å²) in [5.41, 5.74) is -0.558. The molecule has 0 saturated heterocycles. The highest BCUT2D eigenvalue weighted by atomic mass is 32.2. The highest BCUT2D eigenvalue weighted by Crippen LogP contribution is 2.52. The molecule has 0 amide bonds. The summed E-state index contributed by atoms with van der Waals surface area (Å²) in [7, 11) is 0. The van der Waals surface area contributed by atoms with Gasteiger partial charge in [-0.3, -0.25) is 5.32 Å². The number of fused-ring (bicyclic) bond motifs is 1. The number of hydrogen-bond donors (Lipinski definition) is 1. The fraction of sp³-hybridized carbons (Fsp3) is 0.667. The van der Waals surface area contributed by atoms with Gasteiger partial charge in [-0.1, -0.05) is 6.92 Å². The summed E-state index contributed by atoms with van der Waals surface area (Å²) in [6.07, 6.45) is -2.93. The number of rotatable bonds is 2. The first-order valence-corrected chi connectivity index (χ1v) is 7.76. The summed E-state index contributed by atoms with van der Waals surface area (Å²) in [6.45, 7) is 2.08. The molecule has 6 heteroatoms. The van der Waals surface area contributed by atoms with Gasteiger partial charge in [0, 0.05) is 11.3 Å². The molecule has 1 nitrogen and oxygen atoms in total. The molecule has 1 aromatic rings. The first kappa shape index (κ1) is 12.8. The van der Waals surface area contributed by atoms with Crippen molar-refractivity contribution < 1.29 is 13.2 Å². The lowest BCUT2D eigenvalue weighted by molar-refractivity contribution is -0.168. The first-order chi connectivity index (χ1) is 8.41. The summed E-state index contributed by atoms with van der Waals surface area (Å²) >= 11 is 3.40. The maximum Gasteiger partial charge on any atom is 0.406 e. The molecule has 2 atom stereocenters. The van der Waals surface area contributed by atoms with E-state index in [2.05, 4.69) is 12.2 Å². The molecule has 0 spiro atoms. The molecule has 3 rings (SSSR count). The standard InChI is InChI=1S/C12H14F3NS2/c1-7-6-9(8-2-5-17-10(8)18-7)16-11(3-4-11)12(13,14)15/h2,5,7,9,16H,3-4,6H2,1H3/t7-,9?/m0/s1. The minimum Gasteiger partial charge on any atom is -0.297 e. The third-order valence-corrected chi connectivity index (χ3v) is 6.00. The van der Waals surface area contributed by atoms with E-state index < -0.39 is 11.7 Å². The molecule has 100 valence electrons. The Kier molecular flexibility index (Phi) is 2.95. The minimum atomic E-state index is -4.13. The van der Waals surface area contributed by atoms with Crippen LogP contribution in [-0.4, -0.2) is 17.0 Å². The van der Waals surface area contributed by atoms with Gasteiger partial charge in [0.15, 0.2) is 0 Å². The molecule has 2 heterocycles. The van der Waals surface area contributed by atoms with E-state index in [-0.39, 0.29) is 18.9 Å². The molecule has 1 N–H and O–H groups in total. The maximum absolute atomic E-state index is 13.0. The van der Waals surface area contributed by atoms with E-state index in [0.29, 0.717) is 5.25 Å². The Labute approximate surface area is 112 Å². The molecule has 0 bridgehead atoms. The van der Waals surface area contributed by atoms with Gasteiger partial charge >= 0.3 is 6.18 Å². The van der Waals surface area contributed by atoms with Crippen LogP contribution in [-0.2, 0) is 0 Å². The van der Waals surface area contributed by atoms with Crippen molar-refractivity contribution in [2.45, 2.75) is 53.4 Å². The van der Waals surface area contributed by atoms with E-state index in [0.717, 1.165) is 12.0 Å². The molecule has 1 aromatic heterocycles. The Hall–Kier alpha value is -0.200. The molecule has 2 aliphatic rings. The van der Waals surface area contributed by atoms with E-state index in [9.17, 15) is 13.2 Å². The van der Waals surface area contributed by atoms with E-state index >= 15 is 0 Å². The summed E-state index contributed by atoms with van der Waals surface area (Å²) in [6, 6.07) is 1.81. The zero-order valence-corrected chi connectivity index (χ0v) is 11.5. The van der Waals surface area contributed by atoms with Gasteiger partial charge in [0.25, 0.3) is 0 Å². The van der Waals surface area contributed by atoms with E-state index in [1.165, 1.54) is 4.21 Å². The molecular formula is C12H14F3NS2. The molecule has 1 aliphatic heterocycles. The van der Waals surface area contributed by atoms with Crippen LogP contribution in [0.15, 0.2) is 15.7 Å². The van der Waals surface area contributed by atoms with Crippen LogP contribution in [0.4, 0.5) is 13.2 Å². The lowest BCUT2D eigenvalue weighted by Crippen LogP contribution is -2.47. The van der Waals surface area contributed by atoms with Crippen LogP contribution in [0.2, 0.25) is 0 Å². The fourth-order valence-electron chi connectivity index (χ4n) is 2.45. The fourth-order valence-corrected chi connectivity index (χ4v) is 5.02. The Balaban J connectivity index is 1.83. The van der Waals surface area contributed by atoms with Crippen molar-refractivity contribution in [2.75, 3.05) is 0 Å². The Morgan fingerprint density at radius 3 is 2.72 bits per heavy atom. The quantitative estimate of drug-likeness (QED) is 0.869. The molecule has 18 heavy (non-hydrogen) atoms. The van der Waals surface area contributed by atoms with E-state index in [1.54, 1.807) is 23.1 Å². The summed E-state index contributed by atoms with van der Waals surface area (Å²) in [4.78, 5) is 0. The predicted molar refractivity (Wildman–Crippen MR) is 68.2 cm³/mol. The van der Waals surface area contributed by atoms with Crippen LogP contribution in [0.1, 0.15) is 37.8 Å². The number of hydrogen-bond acceptors (Lipinski definition) is 3. The first-order valence-electron chi connectivity index (χ1n) is 6.00. The molecule has 1 unspecified atom stereocenters. The minimum absolute atomic E-state index is 0.147. The maximum atomic E-state index is 13.0. The van der Waals surface area contributed by atoms with Gasteiger partial charge in [-0.25, -0.2) is 0 Å². The topological polar surface area (TPSA) is 12.0 Å². The second-order valence-corrected chi connectivity index (χ2v) is 7.73. The van der Waals surface area contributed by atoms with Gasteiger partial charge in [0.2, 0.25) is 0 Å². The Bertz CT molecular complexity index is 450. The zero-order valence-electron chi connectivity index (χ0n) is 9.88. The van der Waals surface area contributed by atoms with Gasteiger partial charge in [0.05, 0.1) is 4.21 Å². The largest absolute Gasteiger partial charge is 0.406 e. The third kappa shape index (κ3) is 2.08. The lowest BCUT2D eigenvalue weighted by atomic mass is 10.0. The second kappa shape index (κ2) is 4.15. The van der Waals surface area contributed by atoms with Crippen molar-refractivity contribution in [3.63, 3.8) is 0 Å². The van der Waals surface area contributed by atoms with Crippen LogP contribution in [0.25, 0.3) is 0 Å². The summed E-state index contributed by atoms with van der Waals surface area (Å²) in [5.74, 6) is 0. The molecule has 0 radical (unpaired) electrons. The number of nitrogens with one attached hydrogen (secondary N) is 1. The Morgan fingerprint density at radius 1 is 1.39 bits per heavy atom. The van der Waals surface area contributed by atoms with Crippen LogP contribution in [0.3, 0.4) is 0 Å². The van der Waals surface area contributed by atoms with Gasteiger partial charge in [-0.15, -0.1) is 23.1 Å². The van der Waals surface area contributed by atoms with Crippen molar-refractivity contribution in [3.8, 4) is 0 Å². The monoisotopic (exact) mass is 293 g/mol. The Morgan fingerprint density at radius 2 is 2.11 bits per heavy atom. The number of thiophene rings is 1. The molecule has 1 fully saturated rings. The highest BCUT2D eigenvalue weighted by Gasteiger charge is 2.64. The van der Waals surface area contributed by atoms with Gasteiger partial charge in [0.1, 0.15) is 5.54 Å². The number of alkyl halides is 3. The summed E-state index contributed by atoms with van der Waals surface area (Å²) in [5, 5.41) is 5.23. The molecule has 0 aromatic carbocycles. The average Bonchev–Trinajstić information content (AvgIpc) is 2.88. The van der Waals surface area contributed by atoms with Crippen LogP contribution >= 0.6 is 23.1 Å². The molecular weight excluding hydrogens is 279 g/mol. The van der Waals surface area contributed by atoms with Crippen molar-refractivity contribution >= 4 is 23.1 Å². The third-order valence-electron chi connectivity index (χ3n) is 3.65. The summed E-state index contributed by atoms with van der Waals surface area (Å²) < 4.78 is 40.1. The SMILES string of the molecule is C[C@H]1CC(NC2(C(F)(F)F)CC2)c2ccsc2S1. The van der Waals surface area contributed by atoms with E-state index in [1.807, 2.05) is 11.4 Å². The van der Waals surface area contributed by atoms with Crippen molar-refractivity contribution in [3.05, 3.63) is 17.0 Å². The van der Waals surface area contributed by atoms with Gasteiger partial charge < -0.3 is 0 Å². The van der Waals surface area contributed by atoms with Crippen molar-refractivity contribution in [1.82, 2.24) is 5.32 Å². The van der Waals surface area contributed by atoms with Crippen LogP contribution in [0, 0.1) is 0 Å². The highest BCUT2D eigenvalue weighted by molar-refractivity contribution is 8.01. The second-order valence-electron chi connectivity index (χ2n) is 5.10. The average molecular weight is 293 g/mol. The van der Waals surface area contributed by atoms with Gasteiger partial charge in [-0.05, 0) is 36.3 Å². The van der Waals surface area contributed by atoms with Gasteiger partial charge in [-0.2, -0.15) is 13.2 Å². The van der Waals surface area contributed by atoms with Crippen LogP contribution < -0.4 is 5.32 Å².